The summed E-state index contributed by atoms with van der Waals surface area (Å²) in [5.74, 6) is -0.468. The first-order valence-corrected chi connectivity index (χ1v) is 6.43. The lowest BCUT2D eigenvalue weighted by atomic mass is 10.3. The molecule has 6 nitrogen and oxygen atoms in total. The summed E-state index contributed by atoms with van der Waals surface area (Å²) in [6.07, 6.45) is 0.0236. The molecule has 1 aromatic rings. The average molecular weight is 280 g/mol. The number of amides is 1. The van der Waals surface area contributed by atoms with Gasteiger partial charge in [-0.05, 0) is 18.7 Å². The van der Waals surface area contributed by atoms with E-state index in [1.165, 1.54) is 7.11 Å². The highest BCUT2D eigenvalue weighted by molar-refractivity contribution is 5.93. The largest absolute Gasteiger partial charge is 0.495 e. The number of nitrogens with zero attached hydrogens (tertiary/aromatic N) is 1. The quantitative estimate of drug-likeness (QED) is 0.753. The lowest BCUT2D eigenvalue weighted by Gasteiger charge is -2.19. The summed E-state index contributed by atoms with van der Waals surface area (Å²) >= 11 is 0. The fourth-order valence-electron chi connectivity index (χ4n) is 1.74. The van der Waals surface area contributed by atoms with Crippen LogP contribution in [0.5, 0.6) is 5.75 Å². The van der Waals surface area contributed by atoms with E-state index in [0.717, 1.165) is 0 Å². The molecule has 0 unspecified atom stereocenters. The van der Waals surface area contributed by atoms with Gasteiger partial charge in [-0.25, -0.2) is 0 Å². The first-order chi connectivity index (χ1) is 9.56. The minimum absolute atomic E-state index is 0.0236. The van der Waals surface area contributed by atoms with Crippen molar-refractivity contribution in [3.8, 4) is 5.75 Å². The predicted molar refractivity (Wildman–Crippen MR) is 76.0 cm³/mol. The van der Waals surface area contributed by atoms with E-state index in [1.54, 1.807) is 23.1 Å². The first kappa shape index (κ1) is 16.0. The highest BCUT2D eigenvalue weighted by Crippen LogP contribution is 2.22. The van der Waals surface area contributed by atoms with E-state index in [1.807, 2.05) is 13.0 Å². The molecule has 1 amide bonds. The maximum Gasteiger partial charge on any atom is 0.304 e. The Bertz CT molecular complexity index is 462. The van der Waals surface area contributed by atoms with E-state index < -0.39 is 5.97 Å². The maximum absolute atomic E-state index is 11.9. The van der Waals surface area contributed by atoms with Crippen molar-refractivity contribution in [3.05, 3.63) is 24.3 Å². The third kappa shape index (κ3) is 5.27. The molecule has 0 aliphatic carbocycles. The number of anilines is 1. The molecule has 0 aliphatic rings. The molecule has 0 saturated carbocycles. The van der Waals surface area contributed by atoms with Crippen LogP contribution in [-0.2, 0) is 9.59 Å². The van der Waals surface area contributed by atoms with Gasteiger partial charge in [0, 0.05) is 6.54 Å². The molecule has 0 bridgehead atoms. The average Bonchev–Trinajstić information content (AvgIpc) is 2.43. The minimum atomic E-state index is -0.867. The number of rotatable bonds is 8. The Hall–Kier alpha value is -2.08. The molecule has 0 aromatic heterocycles. The second-order valence-electron chi connectivity index (χ2n) is 4.26. The van der Waals surface area contributed by atoms with Gasteiger partial charge >= 0.3 is 5.97 Å². The zero-order valence-corrected chi connectivity index (χ0v) is 11.8. The van der Waals surface area contributed by atoms with Gasteiger partial charge in [0.15, 0.2) is 0 Å². The van der Waals surface area contributed by atoms with Gasteiger partial charge in [0.25, 0.3) is 0 Å². The van der Waals surface area contributed by atoms with Gasteiger partial charge in [0.1, 0.15) is 5.75 Å². The summed E-state index contributed by atoms with van der Waals surface area (Å²) in [6.45, 7) is 3.01. The summed E-state index contributed by atoms with van der Waals surface area (Å²) in [6, 6.07) is 7.14. The van der Waals surface area contributed by atoms with Crippen molar-refractivity contribution in [2.75, 3.05) is 32.1 Å². The van der Waals surface area contributed by atoms with Gasteiger partial charge in [0.2, 0.25) is 5.91 Å². The van der Waals surface area contributed by atoms with Gasteiger partial charge in [0.05, 0.1) is 25.8 Å². The molecule has 1 rings (SSSR count). The van der Waals surface area contributed by atoms with Crippen molar-refractivity contribution < 1.29 is 19.4 Å². The number of ether oxygens (including phenoxy) is 1. The summed E-state index contributed by atoms with van der Waals surface area (Å²) in [5.41, 5.74) is 0.606. The highest BCUT2D eigenvalue weighted by Gasteiger charge is 2.12. The Labute approximate surface area is 118 Å². The van der Waals surface area contributed by atoms with Crippen LogP contribution in [0, 0.1) is 0 Å². The fourth-order valence-corrected chi connectivity index (χ4v) is 1.74. The number of hydrogen-bond acceptors (Lipinski definition) is 4. The van der Waals surface area contributed by atoms with Crippen molar-refractivity contribution in [3.63, 3.8) is 0 Å². The molecule has 0 heterocycles. The molecule has 0 radical (unpaired) electrons. The fraction of sp³-hybridized carbons (Fsp3) is 0.429. The van der Waals surface area contributed by atoms with Crippen molar-refractivity contribution >= 4 is 17.6 Å². The van der Waals surface area contributed by atoms with Crippen LogP contribution in [0.3, 0.4) is 0 Å². The smallest absolute Gasteiger partial charge is 0.304 e. The minimum Gasteiger partial charge on any atom is -0.495 e. The Morgan fingerprint density at radius 1 is 1.35 bits per heavy atom. The zero-order valence-electron chi connectivity index (χ0n) is 11.8. The molecule has 0 spiro atoms. The Morgan fingerprint density at radius 3 is 2.65 bits per heavy atom. The zero-order chi connectivity index (χ0) is 15.0. The third-order valence-electron chi connectivity index (χ3n) is 2.84. The number of nitrogens with one attached hydrogen (secondary N) is 1. The standard InChI is InChI=1S/C14H20N2O4/c1-3-16(9-8-14(18)19)10-13(17)15-11-6-4-5-7-12(11)20-2/h4-7H,3,8-10H2,1-2H3,(H,15,17)(H,18,19). The van der Waals surface area contributed by atoms with E-state index >= 15 is 0 Å². The van der Waals surface area contributed by atoms with Crippen molar-refractivity contribution in [2.45, 2.75) is 13.3 Å². The molecule has 0 aliphatic heterocycles. The second-order valence-corrected chi connectivity index (χ2v) is 4.26. The van der Waals surface area contributed by atoms with E-state index in [9.17, 15) is 9.59 Å². The molecule has 110 valence electrons. The Balaban J connectivity index is 2.55. The Kier molecular flexibility index (Phi) is 6.52. The summed E-state index contributed by atoms with van der Waals surface area (Å²) < 4.78 is 5.15. The van der Waals surface area contributed by atoms with E-state index in [0.29, 0.717) is 24.5 Å². The number of carboxylic acid groups (broad SMARTS) is 1. The van der Waals surface area contributed by atoms with E-state index in [4.69, 9.17) is 9.84 Å². The molecule has 0 atom stereocenters. The summed E-state index contributed by atoms with van der Waals surface area (Å²) in [5, 5.41) is 11.4. The van der Waals surface area contributed by atoms with Gasteiger partial charge in [-0.15, -0.1) is 0 Å². The summed E-state index contributed by atoms with van der Waals surface area (Å²) in [7, 11) is 1.54. The molecular formula is C14H20N2O4. The lowest BCUT2D eigenvalue weighted by molar-refractivity contribution is -0.137. The molecule has 20 heavy (non-hydrogen) atoms. The predicted octanol–water partition coefficient (Wildman–Crippen LogP) is 1.43. The van der Waals surface area contributed by atoms with Crippen molar-refractivity contribution in [1.29, 1.82) is 0 Å². The van der Waals surface area contributed by atoms with Crippen LogP contribution >= 0.6 is 0 Å². The number of carbonyl (C=O) groups is 2. The van der Waals surface area contributed by atoms with E-state index in [2.05, 4.69) is 5.32 Å². The molecular weight excluding hydrogens is 260 g/mol. The van der Waals surface area contributed by atoms with Crippen LogP contribution in [0.15, 0.2) is 24.3 Å². The van der Waals surface area contributed by atoms with Crippen LogP contribution < -0.4 is 10.1 Å². The molecule has 1 aromatic carbocycles. The topological polar surface area (TPSA) is 78.9 Å². The van der Waals surface area contributed by atoms with Crippen molar-refractivity contribution in [2.24, 2.45) is 0 Å². The number of methoxy groups -OCH3 is 1. The van der Waals surface area contributed by atoms with Crippen LogP contribution in [0.25, 0.3) is 0 Å². The van der Waals surface area contributed by atoms with Gasteiger partial charge < -0.3 is 15.2 Å². The number of likely N-dealkylation sites (N-methyl/N-ethyl adjacent to an activating group) is 1. The molecule has 6 heteroatoms. The molecule has 0 saturated heterocycles. The van der Waals surface area contributed by atoms with Crippen LogP contribution in [-0.4, -0.2) is 48.6 Å². The van der Waals surface area contributed by atoms with Gasteiger partial charge in [-0.2, -0.15) is 0 Å². The second kappa shape index (κ2) is 8.16. The van der Waals surface area contributed by atoms with Crippen LogP contribution in [0.4, 0.5) is 5.69 Å². The molecule has 2 N–H and O–H groups in total. The van der Waals surface area contributed by atoms with Crippen LogP contribution in [0.1, 0.15) is 13.3 Å². The monoisotopic (exact) mass is 280 g/mol. The number of carboxylic acids is 1. The number of hydrogen-bond donors (Lipinski definition) is 2. The highest BCUT2D eigenvalue weighted by atomic mass is 16.5. The number of carbonyl (C=O) groups excluding carboxylic acids is 1. The lowest BCUT2D eigenvalue weighted by Crippen LogP contribution is -2.34. The van der Waals surface area contributed by atoms with Crippen LogP contribution in [0.2, 0.25) is 0 Å². The first-order valence-electron chi connectivity index (χ1n) is 6.43. The SMILES string of the molecule is CCN(CCC(=O)O)CC(=O)Nc1ccccc1OC. The third-order valence-corrected chi connectivity index (χ3v) is 2.84. The summed E-state index contributed by atoms with van der Waals surface area (Å²) in [4.78, 5) is 24.3. The van der Waals surface area contributed by atoms with Crippen molar-refractivity contribution in [1.82, 2.24) is 4.90 Å². The Morgan fingerprint density at radius 2 is 2.05 bits per heavy atom. The van der Waals surface area contributed by atoms with E-state index in [-0.39, 0.29) is 18.9 Å². The normalized spacial score (nSPS) is 10.3. The van der Waals surface area contributed by atoms with Gasteiger partial charge in [-0.1, -0.05) is 19.1 Å². The number of benzene rings is 1. The maximum atomic E-state index is 11.9. The number of para-hydroxylation sites is 2. The number of aliphatic carboxylic acids is 1. The molecule has 0 fully saturated rings. The van der Waals surface area contributed by atoms with Gasteiger partial charge in [-0.3, -0.25) is 14.5 Å².